The van der Waals surface area contributed by atoms with Gasteiger partial charge in [-0.25, -0.2) is 4.99 Å². The van der Waals surface area contributed by atoms with Gasteiger partial charge in [0.1, 0.15) is 0 Å². The first kappa shape index (κ1) is 18.1. The van der Waals surface area contributed by atoms with E-state index < -0.39 is 10.7 Å². The van der Waals surface area contributed by atoms with Crippen LogP contribution in [0.25, 0.3) is 0 Å². The standard InChI is InChI=1S/C25H20N2S/c1-5-13-21(14-6-1)25(26-22-15-7-2-8-16-22)27-28(23-17-9-3-10-18-23)24-19-11-4-12-20-24/h1-20H. The molecule has 2 nitrogen and oxygen atoms in total. The molecule has 3 heteroatoms. The molecule has 0 atom stereocenters. The van der Waals surface area contributed by atoms with Crippen molar-refractivity contribution in [1.82, 2.24) is 0 Å². The molecule has 0 aliphatic heterocycles. The zero-order valence-electron chi connectivity index (χ0n) is 15.3. The molecule has 0 radical (unpaired) electrons. The first-order valence-corrected chi connectivity index (χ1v) is 10.3. The fourth-order valence-electron chi connectivity index (χ4n) is 2.78. The first-order chi connectivity index (χ1) is 13.9. The topological polar surface area (TPSA) is 24.7 Å². The van der Waals surface area contributed by atoms with E-state index in [-0.39, 0.29) is 0 Å². The molecule has 4 aromatic rings. The summed E-state index contributed by atoms with van der Waals surface area (Å²) in [5.41, 5.74) is 1.91. The van der Waals surface area contributed by atoms with E-state index in [0.29, 0.717) is 0 Å². The van der Waals surface area contributed by atoms with Crippen LogP contribution >= 0.6 is 0 Å². The number of benzene rings is 4. The largest absolute Gasteiger partial charge is 0.228 e. The van der Waals surface area contributed by atoms with Gasteiger partial charge in [0.05, 0.1) is 5.69 Å². The van der Waals surface area contributed by atoms with E-state index in [0.717, 1.165) is 17.1 Å². The van der Waals surface area contributed by atoms with Crippen LogP contribution < -0.4 is 0 Å². The van der Waals surface area contributed by atoms with E-state index in [1.807, 2.05) is 60.7 Å². The smallest absolute Gasteiger partial charge is 0.167 e. The van der Waals surface area contributed by atoms with E-state index in [4.69, 9.17) is 9.36 Å². The summed E-state index contributed by atoms with van der Waals surface area (Å²) in [5, 5.41) is 0. The molecule has 136 valence electrons. The Bertz CT molecular complexity index is 1030. The molecule has 0 unspecified atom stereocenters. The molecule has 0 aliphatic rings. The molecule has 0 spiro atoms. The number of aliphatic imine (C=N–C) groups is 1. The second-order valence-electron chi connectivity index (χ2n) is 6.14. The maximum absolute atomic E-state index is 5.16. The summed E-state index contributed by atoms with van der Waals surface area (Å²) in [6.07, 6.45) is 0. The monoisotopic (exact) mass is 380 g/mol. The summed E-state index contributed by atoms with van der Waals surface area (Å²) < 4.78 is 5.16. The molecule has 4 aromatic carbocycles. The van der Waals surface area contributed by atoms with Gasteiger partial charge in [-0.3, -0.25) is 0 Å². The van der Waals surface area contributed by atoms with Gasteiger partial charge in [-0.05, 0) is 47.1 Å². The second kappa shape index (κ2) is 9.07. The molecule has 0 N–H and O–H groups in total. The zero-order valence-corrected chi connectivity index (χ0v) is 16.2. The third-order valence-corrected chi connectivity index (χ3v) is 5.93. The summed E-state index contributed by atoms with van der Waals surface area (Å²) in [7, 11) is -0.461. The fourth-order valence-corrected chi connectivity index (χ4v) is 4.41. The van der Waals surface area contributed by atoms with Gasteiger partial charge in [0.15, 0.2) is 5.84 Å². The van der Waals surface area contributed by atoms with Crippen LogP contribution in [0.15, 0.2) is 140 Å². The van der Waals surface area contributed by atoms with Gasteiger partial charge in [0.2, 0.25) is 0 Å². The third-order valence-electron chi connectivity index (χ3n) is 4.13. The van der Waals surface area contributed by atoms with Crippen molar-refractivity contribution in [1.29, 1.82) is 0 Å². The average molecular weight is 381 g/mol. The lowest BCUT2D eigenvalue weighted by Gasteiger charge is -2.11. The number of amidine groups is 1. The van der Waals surface area contributed by atoms with Crippen molar-refractivity contribution in [2.45, 2.75) is 9.79 Å². The summed E-state index contributed by atoms with van der Waals surface area (Å²) >= 11 is 0. The van der Waals surface area contributed by atoms with Gasteiger partial charge in [-0.15, -0.1) is 0 Å². The fraction of sp³-hybridized carbons (Fsp3) is 0. The van der Waals surface area contributed by atoms with E-state index in [1.54, 1.807) is 0 Å². The molecule has 0 saturated heterocycles. The van der Waals surface area contributed by atoms with Gasteiger partial charge in [0.25, 0.3) is 0 Å². The van der Waals surface area contributed by atoms with E-state index in [9.17, 15) is 0 Å². The third kappa shape index (κ3) is 4.51. The highest BCUT2D eigenvalue weighted by Crippen LogP contribution is 2.21. The minimum Gasteiger partial charge on any atom is -0.228 e. The van der Waals surface area contributed by atoms with Crippen LogP contribution in [0.3, 0.4) is 0 Å². The molecule has 0 bridgehead atoms. The van der Waals surface area contributed by atoms with Crippen LogP contribution in [0.1, 0.15) is 5.56 Å². The number of nitrogens with zero attached hydrogens (tertiary/aromatic N) is 2. The molecular formula is C25H20N2S. The lowest BCUT2D eigenvalue weighted by atomic mass is 10.2. The van der Waals surface area contributed by atoms with Gasteiger partial charge >= 0.3 is 0 Å². The Hall–Kier alpha value is -3.30. The quantitative estimate of drug-likeness (QED) is 0.278. The van der Waals surface area contributed by atoms with Crippen LogP contribution in [-0.2, 0) is 10.7 Å². The molecule has 0 saturated carbocycles. The number of hydrogen-bond donors (Lipinski definition) is 0. The Labute approximate surface area is 168 Å². The van der Waals surface area contributed by atoms with Crippen LogP contribution in [0.5, 0.6) is 0 Å². The summed E-state index contributed by atoms with van der Waals surface area (Å²) in [6.45, 7) is 0. The number of hydrogen-bond acceptors (Lipinski definition) is 1. The van der Waals surface area contributed by atoms with Crippen molar-refractivity contribution in [2.24, 2.45) is 9.36 Å². The Morgan fingerprint density at radius 1 is 0.500 bits per heavy atom. The normalized spacial score (nSPS) is 11.4. The van der Waals surface area contributed by atoms with Crippen LogP contribution in [-0.4, -0.2) is 5.84 Å². The van der Waals surface area contributed by atoms with Gasteiger partial charge in [-0.2, -0.15) is 4.36 Å². The molecular weight excluding hydrogens is 360 g/mol. The molecule has 0 aromatic heterocycles. The van der Waals surface area contributed by atoms with Crippen molar-refractivity contribution < 1.29 is 0 Å². The minimum atomic E-state index is -0.461. The molecule has 0 heterocycles. The first-order valence-electron chi connectivity index (χ1n) is 9.15. The molecule has 0 fully saturated rings. The van der Waals surface area contributed by atoms with E-state index >= 15 is 0 Å². The maximum atomic E-state index is 5.16. The highest BCUT2D eigenvalue weighted by Gasteiger charge is 2.09. The molecule has 0 amide bonds. The van der Waals surface area contributed by atoms with Gasteiger partial charge in [0, 0.05) is 15.4 Å². The van der Waals surface area contributed by atoms with E-state index in [2.05, 4.69) is 60.7 Å². The van der Waals surface area contributed by atoms with Crippen molar-refractivity contribution in [2.75, 3.05) is 0 Å². The molecule has 0 aliphatic carbocycles. The Morgan fingerprint density at radius 2 is 0.929 bits per heavy atom. The SMILES string of the molecule is c1ccc(N=C(N=S(c2ccccc2)c2ccccc2)c2ccccc2)cc1. The highest BCUT2D eigenvalue weighted by atomic mass is 32.2. The van der Waals surface area contributed by atoms with Gasteiger partial charge in [-0.1, -0.05) is 84.9 Å². The summed E-state index contributed by atoms with van der Waals surface area (Å²) in [4.78, 5) is 7.22. The van der Waals surface area contributed by atoms with Crippen molar-refractivity contribution in [3.63, 3.8) is 0 Å². The lowest BCUT2D eigenvalue weighted by Crippen LogP contribution is -2.02. The average Bonchev–Trinajstić information content (AvgIpc) is 2.79. The minimum absolute atomic E-state index is 0.461. The van der Waals surface area contributed by atoms with Crippen molar-refractivity contribution >= 4 is 22.2 Å². The highest BCUT2D eigenvalue weighted by molar-refractivity contribution is 7.87. The predicted molar refractivity (Wildman–Crippen MR) is 118 cm³/mol. The maximum Gasteiger partial charge on any atom is 0.167 e. The second-order valence-corrected chi connectivity index (χ2v) is 7.83. The number of para-hydroxylation sites is 1. The summed E-state index contributed by atoms with van der Waals surface area (Å²) in [6, 6.07) is 41.0. The van der Waals surface area contributed by atoms with Crippen molar-refractivity contribution in [3.05, 3.63) is 127 Å². The van der Waals surface area contributed by atoms with Crippen LogP contribution in [0, 0.1) is 0 Å². The molecule has 28 heavy (non-hydrogen) atoms. The Balaban J connectivity index is 1.90. The van der Waals surface area contributed by atoms with Crippen LogP contribution in [0.4, 0.5) is 5.69 Å². The lowest BCUT2D eigenvalue weighted by molar-refractivity contribution is 1.37. The zero-order chi connectivity index (χ0) is 19.0. The molecule has 4 rings (SSSR count). The van der Waals surface area contributed by atoms with Crippen molar-refractivity contribution in [3.8, 4) is 0 Å². The Morgan fingerprint density at radius 3 is 1.43 bits per heavy atom. The summed E-state index contributed by atoms with van der Waals surface area (Å²) in [5.74, 6) is 0.739. The number of rotatable bonds is 4. The van der Waals surface area contributed by atoms with E-state index in [1.165, 1.54) is 9.79 Å². The Kier molecular flexibility index (Phi) is 5.86. The van der Waals surface area contributed by atoms with Crippen LogP contribution in [0.2, 0.25) is 0 Å². The van der Waals surface area contributed by atoms with Gasteiger partial charge < -0.3 is 0 Å². The predicted octanol–water partition coefficient (Wildman–Crippen LogP) is 6.69.